The summed E-state index contributed by atoms with van der Waals surface area (Å²) in [6, 6.07) is 0. The first-order chi connectivity index (χ1) is 7.79. The molecule has 1 heterocycles. The summed E-state index contributed by atoms with van der Waals surface area (Å²) in [5.74, 6) is 0.525. The normalized spacial score (nSPS) is 19.4. The van der Waals surface area contributed by atoms with E-state index in [1.807, 2.05) is 0 Å². The van der Waals surface area contributed by atoms with E-state index in [0.717, 1.165) is 38.6 Å². The molecule has 1 aliphatic heterocycles. The lowest BCUT2D eigenvalue weighted by atomic mass is 9.95. The lowest BCUT2D eigenvalue weighted by Gasteiger charge is -2.22. The average molecular weight is 284 g/mol. The molecule has 0 saturated carbocycles. The van der Waals surface area contributed by atoms with Gasteiger partial charge in [-0.1, -0.05) is 0 Å². The summed E-state index contributed by atoms with van der Waals surface area (Å²) in [6.45, 7) is 2.27. The Hall–Kier alpha value is -0.180. The Morgan fingerprint density at radius 1 is 1.18 bits per heavy atom. The van der Waals surface area contributed by atoms with E-state index in [1.54, 1.807) is 0 Å². The molecule has 0 aromatic rings. The van der Waals surface area contributed by atoms with Crippen LogP contribution >= 0.6 is 0 Å². The number of rotatable bonds is 6. The van der Waals surface area contributed by atoms with E-state index in [4.69, 9.17) is 0 Å². The Kier molecular flexibility index (Phi) is 5.36. The molecule has 0 aromatic heterocycles. The molecule has 0 bridgehead atoms. The molecule has 0 aliphatic carbocycles. The Morgan fingerprint density at radius 2 is 1.76 bits per heavy atom. The van der Waals surface area contributed by atoms with Gasteiger partial charge in [-0.3, -0.25) is 0 Å². The second kappa shape index (κ2) is 6.12. The molecule has 1 aliphatic rings. The van der Waals surface area contributed by atoms with Crippen molar-refractivity contribution in [3.8, 4) is 0 Å². The van der Waals surface area contributed by atoms with Crippen LogP contribution in [0.5, 0.6) is 0 Å². The van der Waals surface area contributed by atoms with Crippen molar-refractivity contribution in [2.24, 2.45) is 5.92 Å². The lowest BCUT2D eigenvalue weighted by Crippen LogP contribution is -2.33. The van der Waals surface area contributed by atoms with Gasteiger partial charge in [-0.15, -0.1) is 0 Å². The zero-order valence-electron chi connectivity index (χ0n) is 9.98. The molecule has 0 amide bonds. The van der Waals surface area contributed by atoms with E-state index >= 15 is 0 Å². The van der Waals surface area contributed by atoms with Crippen LogP contribution < -0.4 is 10.0 Å². The average Bonchev–Trinajstić information content (AvgIpc) is 2.15. The maximum Gasteiger partial charge on any atom is 0.226 e. The molecule has 0 spiro atoms. The summed E-state index contributed by atoms with van der Waals surface area (Å²) in [5.41, 5.74) is 0. The molecular weight excluding hydrogens is 264 g/mol. The fourth-order valence-corrected chi connectivity index (χ4v) is 4.93. The third-order valence-corrected chi connectivity index (χ3v) is 6.30. The van der Waals surface area contributed by atoms with Crippen molar-refractivity contribution in [3.63, 3.8) is 0 Å². The lowest BCUT2D eigenvalue weighted by molar-refractivity contribution is 0.355. The minimum atomic E-state index is -3.69. The van der Waals surface area contributed by atoms with Gasteiger partial charge in [0.1, 0.15) is 0 Å². The van der Waals surface area contributed by atoms with Gasteiger partial charge in [0, 0.05) is 12.8 Å². The first-order valence-corrected chi connectivity index (χ1v) is 9.35. The Labute approximate surface area is 103 Å². The van der Waals surface area contributed by atoms with Crippen molar-refractivity contribution in [2.75, 3.05) is 31.0 Å². The number of sulfone groups is 1. The maximum absolute atomic E-state index is 11.4. The van der Waals surface area contributed by atoms with Crippen molar-refractivity contribution in [2.45, 2.75) is 19.3 Å². The van der Waals surface area contributed by atoms with Crippen LogP contribution in [0.1, 0.15) is 19.3 Å². The van der Waals surface area contributed by atoms with Crippen LogP contribution in [-0.2, 0) is 19.9 Å². The number of sulfonamides is 1. The topological polar surface area (TPSA) is 92.3 Å². The van der Waals surface area contributed by atoms with Crippen molar-refractivity contribution in [3.05, 3.63) is 0 Å². The Bertz CT molecular complexity index is 424. The number of nitrogens with one attached hydrogen (secondary N) is 2. The van der Waals surface area contributed by atoms with Gasteiger partial charge >= 0.3 is 0 Å². The van der Waals surface area contributed by atoms with Crippen molar-refractivity contribution in [1.82, 2.24) is 10.0 Å². The van der Waals surface area contributed by atoms with Crippen molar-refractivity contribution >= 4 is 19.9 Å². The van der Waals surface area contributed by atoms with Crippen LogP contribution in [0.4, 0.5) is 0 Å². The van der Waals surface area contributed by atoms with Gasteiger partial charge in [0.2, 0.25) is 10.0 Å². The Balaban J connectivity index is 2.30. The van der Waals surface area contributed by atoms with E-state index in [-0.39, 0.29) is 0 Å². The quantitative estimate of drug-likeness (QED) is 0.673. The summed E-state index contributed by atoms with van der Waals surface area (Å²) in [5, 5.41) is 2.41. The summed E-state index contributed by atoms with van der Waals surface area (Å²) >= 11 is 0. The highest BCUT2D eigenvalue weighted by Crippen LogP contribution is 2.14. The molecule has 17 heavy (non-hydrogen) atoms. The SMILES string of the molecule is CS(=O)(=O)CS(=O)(=O)NCCC1CCNCC1. The van der Waals surface area contributed by atoms with Gasteiger partial charge in [0.25, 0.3) is 0 Å². The molecule has 6 nitrogen and oxygen atoms in total. The van der Waals surface area contributed by atoms with E-state index < -0.39 is 24.9 Å². The fourth-order valence-electron chi connectivity index (χ4n) is 1.91. The maximum atomic E-state index is 11.4. The second-order valence-electron chi connectivity index (χ2n) is 4.53. The highest BCUT2D eigenvalue weighted by atomic mass is 32.3. The van der Waals surface area contributed by atoms with Crippen LogP contribution in [0.3, 0.4) is 0 Å². The predicted molar refractivity (Wildman–Crippen MR) is 66.8 cm³/mol. The largest absolute Gasteiger partial charge is 0.317 e. The summed E-state index contributed by atoms with van der Waals surface area (Å²) in [6.07, 6.45) is 3.78. The molecular formula is C9H20N2O4S2. The number of hydrogen-bond acceptors (Lipinski definition) is 5. The molecule has 0 atom stereocenters. The number of hydrogen-bond donors (Lipinski definition) is 2. The summed E-state index contributed by atoms with van der Waals surface area (Å²) in [7, 11) is -7.19. The van der Waals surface area contributed by atoms with Crippen LogP contribution in [0.15, 0.2) is 0 Å². The molecule has 0 radical (unpaired) electrons. The van der Waals surface area contributed by atoms with Gasteiger partial charge < -0.3 is 5.32 Å². The molecule has 0 aromatic carbocycles. The first-order valence-electron chi connectivity index (χ1n) is 5.64. The molecule has 0 unspecified atom stereocenters. The zero-order valence-corrected chi connectivity index (χ0v) is 11.6. The van der Waals surface area contributed by atoms with Crippen molar-refractivity contribution in [1.29, 1.82) is 0 Å². The highest BCUT2D eigenvalue weighted by Gasteiger charge is 2.18. The number of piperidine rings is 1. The molecule has 2 N–H and O–H groups in total. The highest BCUT2D eigenvalue weighted by molar-refractivity contribution is 8.06. The van der Waals surface area contributed by atoms with Crippen LogP contribution in [0.25, 0.3) is 0 Å². The molecule has 1 rings (SSSR count). The predicted octanol–water partition coefficient (Wildman–Crippen LogP) is -0.702. The smallest absolute Gasteiger partial charge is 0.226 e. The molecule has 8 heteroatoms. The van der Waals surface area contributed by atoms with Crippen molar-refractivity contribution < 1.29 is 16.8 Å². The third kappa shape index (κ3) is 6.97. The van der Waals surface area contributed by atoms with Gasteiger partial charge in [0.15, 0.2) is 14.9 Å². The standard InChI is InChI=1S/C9H20N2O4S2/c1-16(12,13)8-17(14,15)11-7-4-9-2-5-10-6-3-9/h9-11H,2-8H2,1H3. The van der Waals surface area contributed by atoms with E-state index in [1.165, 1.54) is 0 Å². The van der Waals surface area contributed by atoms with Gasteiger partial charge in [-0.2, -0.15) is 0 Å². The van der Waals surface area contributed by atoms with Crippen LogP contribution in [0, 0.1) is 5.92 Å². The third-order valence-electron chi connectivity index (χ3n) is 2.70. The first kappa shape index (κ1) is 14.9. The molecule has 1 fully saturated rings. The minimum Gasteiger partial charge on any atom is -0.317 e. The fraction of sp³-hybridized carbons (Fsp3) is 1.00. The van der Waals surface area contributed by atoms with Gasteiger partial charge in [0.05, 0.1) is 0 Å². The van der Waals surface area contributed by atoms with Crippen LogP contribution in [-0.4, -0.2) is 47.8 Å². The molecule has 102 valence electrons. The molecule has 1 saturated heterocycles. The summed E-state index contributed by atoms with van der Waals surface area (Å²) in [4.78, 5) is 0. The summed E-state index contributed by atoms with van der Waals surface area (Å²) < 4.78 is 46.9. The minimum absolute atomic E-state index is 0.322. The van der Waals surface area contributed by atoms with E-state index in [2.05, 4.69) is 10.0 Å². The van der Waals surface area contributed by atoms with Gasteiger partial charge in [-0.25, -0.2) is 21.6 Å². The monoisotopic (exact) mass is 284 g/mol. The zero-order chi connectivity index (χ0) is 12.9. The second-order valence-corrected chi connectivity index (χ2v) is 8.85. The van der Waals surface area contributed by atoms with Gasteiger partial charge in [-0.05, 0) is 38.3 Å². The Morgan fingerprint density at radius 3 is 2.29 bits per heavy atom. The van der Waals surface area contributed by atoms with E-state index in [9.17, 15) is 16.8 Å². The van der Waals surface area contributed by atoms with Crippen LogP contribution in [0.2, 0.25) is 0 Å². The van der Waals surface area contributed by atoms with E-state index in [0.29, 0.717) is 12.5 Å².